The summed E-state index contributed by atoms with van der Waals surface area (Å²) in [6.45, 7) is 7.97. The summed E-state index contributed by atoms with van der Waals surface area (Å²) < 4.78 is 24.2. The Morgan fingerprint density at radius 2 is 1.89 bits per heavy atom. The molecular formula is C28H29ClN2O6S. The lowest BCUT2D eigenvalue weighted by atomic mass is 9.95. The maximum atomic E-state index is 13.9. The van der Waals surface area contributed by atoms with Gasteiger partial charge in [-0.25, -0.2) is 9.79 Å². The molecule has 3 aromatic rings. The third-order valence-electron chi connectivity index (χ3n) is 5.84. The van der Waals surface area contributed by atoms with E-state index in [1.165, 1.54) is 30.1 Å². The smallest absolute Gasteiger partial charge is 0.338 e. The highest BCUT2D eigenvalue weighted by Gasteiger charge is 2.35. The Labute approximate surface area is 229 Å². The second kappa shape index (κ2) is 11.4. The van der Waals surface area contributed by atoms with E-state index in [0.29, 0.717) is 49.5 Å². The van der Waals surface area contributed by atoms with Gasteiger partial charge in [0.1, 0.15) is 11.8 Å². The largest absolute Gasteiger partial charge is 0.496 e. The highest BCUT2D eigenvalue weighted by atomic mass is 35.5. The number of fused-ring (bicyclic) bond motifs is 1. The summed E-state index contributed by atoms with van der Waals surface area (Å²) in [6.07, 6.45) is 1.76. The average molecular weight is 557 g/mol. The zero-order valence-electron chi connectivity index (χ0n) is 22.0. The lowest BCUT2D eigenvalue weighted by molar-refractivity contribution is -0.136. The van der Waals surface area contributed by atoms with E-state index in [1.807, 2.05) is 39.0 Å². The van der Waals surface area contributed by atoms with Gasteiger partial charge in [-0.15, -0.1) is 0 Å². The number of allylic oxidation sites excluding steroid dienone is 1. The van der Waals surface area contributed by atoms with Gasteiger partial charge in [0.15, 0.2) is 16.3 Å². The number of rotatable bonds is 8. The van der Waals surface area contributed by atoms with Gasteiger partial charge in [0, 0.05) is 10.6 Å². The summed E-state index contributed by atoms with van der Waals surface area (Å²) in [4.78, 5) is 31.8. The number of benzene rings is 2. The summed E-state index contributed by atoms with van der Waals surface area (Å²) >= 11 is 7.56. The number of carbonyl (C=O) groups is 1. The lowest BCUT2D eigenvalue weighted by Crippen LogP contribution is -2.40. The van der Waals surface area contributed by atoms with Crippen molar-refractivity contribution in [3.05, 3.63) is 83.5 Å². The summed E-state index contributed by atoms with van der Waals surface area (Å²) in [6, 6.07) is 9.76. The molecule has 0 saturated heterocycles. The Morgan fingerprint density at radius 3 is 2.55 bits per heavy atom. The van der Waals surface area contributed by atoms with Crippen molar-refractivity contribution >= 4 is 35.0 Å². The zero-order chi connectivity index (χ0) is 27.6. The van der Waals surface area contributed by atoms with Gasteiger partial charge in [-0.05, 0) is 69.7 Å². The van der Waals surface area contributed by atoms with Gasteiger partial charge in [0.25, 0.3) is 5.56 Å². The first kappa shape index (κ1) is 27.5. The predicted molar refractivity (Wildman–Crippen MR) is 147 cm³/mol. The number of esters is 1. The molecule has 200 valence electrons. The van der Waals surface area contributed by atoms with Crippen LogP contribution >= 0.6 is 22.9 Å². The second-order valence-electron chi connectivity index (χ2n) is 8.77. The van der Waals surface area contributed by atoms with E-state index in [-0.39, 0.29) is 17.2 Å². The van der Waals surface area contributed by atoms with Crippen LogP contribution in [-0.4, -0.2) is 37.5 Å². The minimum absolute atomic E-state index is 0.0144. The van der Waals surface area contributed by atoms with Crippen LogP contribution in [0.3, 0.4) is 0 Å². The van der Waals surface area contributed by atoms with Crippen molar-refractivity contribution in [3.8, 4) is 17.2 Å². The van der Waals surface area contributed by atoms with Crippen LogP contribution in [0.4, 0.5) is 0 Å². The van der Waals surface area contributed by atoms with Crippen LogP contribution in [0, 0.1) is 0 Å². The number of hydrogen-bond acceptors (Lipinski definition) is 8. The molecule has 0 bridgehead atoms. The number of carbonyl (C=O) groups excluding carboxylic acids is 1. The number of halogens is 1. The molecule has 2 aromatic carbocycles. The van der Waals surface area contributed by atoms with E-state index < -0.39 is 12.0 Å². The third-order valence-corrected chi connectivity index (χ3v) is 7.06. The Morgan fingerprint density at radius 1 is 1.16 bits per heavy atom. The molecule has 0 aliphatic carbocycles. The van der Waals surface area contributed by atoms with Gasteiger partial charge in [-0.3, -0.25) is 9.36 Å². The zero-order valence-corrected chi connectivity index (χ0v) is 23.6. The SMILES string of the molecule is CCOc1cc(/C=c2\sc3n(c2=O)[C@H](c2cc(Cl)ccc2OC)C(C(=O)OC)=C(C)N=3)ccc1OC(C)C. The Balaban J connectivity index is 1.93. The molecule has 0 saturated carbocycles. The Hall–Kier alpha value is -3.56. The molecule has 38 heavy (non-hydrogen) atoms. The van der Waals surface area contributed by atoms with E-state index in [9.17, 15) is 9.59 Å². The van der Waals surface area contributed by atoms with Crippen LogP contribution in [0.5, 0.6) is 17.2 Å². The number of nitrogens with zero attached hydrogens (tertiary/aromatic N) is 2. The molecule has 0 amide bonds. The fourth-order valence-corrected chi connectivity index (χ4v) is 5.52. The number of thiazole rings is 1. The second-order valence-corrected chi connectivity index (χ2v) is 10.2. The third kappa shape index (κ3) is 5.35. The van der Waals surface area contributed by atoms with Gasteiger partial charge in [0.05, 0.1) is 42.7 Å². The van der Waals surface area contributed by atoms with Crippen LogP contribution in [0.1, 0.15) is 44.9 Å². The van der Waals surface area contributed by atoms with Crippen molar-refractivity contribution in [2.45, 2.75) is 39.8 Å². The van der Waals surface area contributed by atoms with Gasteiger partial charge in [-0.2, -0.15) is 0 Å². The first-order chi connectivity index (χ1) is 18.2. The molecule has 0 fully saturated rings. The molecule has 2 heterocycles. The van der Waals surface area contributed by atoms with E-state index >= 15 is 0 Å². The molecule has 1 aliphatic rings. The van der Waals surface area contributed by atoms with Crippen molar-refractivity contribution in [1.82, 2.24) is 4.57 Å². The van der Waals surface area contributed by atoms with Crippen molar-refractivity contribution in [2.24, 2.45) is 4.99 Å². The molecule has 0 radical (unpaired) electrons. The minimum atomic E-state index is -0.838. The van der Waals surface area contributed by atoms with Crippen LogP contribution in [0.2, 0.25) is 5.02 Å². The molecule has 0 spiro atoms. The van der Waals surface area contributed by atoms with E-state index in [1.54, 1.807) is 31.2 Å². The molecule has 1 aromatic heterocycles. The summed E-state index contributed by atoms with van der Waals surface area (Å²) in [5, 5.41) is 0.439. The predicted octanol–water partition coefficient (Wildman–Crippen LogP) is 4.26. The van der Waals surface area contributed by atoms with Crippen molar-refractivity contribution < 1.29 is 23.7 Å². The van der Waals surface area contributed by atoms with Crippen molar-refractivity contribution in [2.75, 3.05) is 20.8 Å². The van der Waals surface area contributed by atoms with E-state index in [4.69, 9.17) is 30.5 Å². The fourth-order valence-electron chi connectivity index (χ4n) is 4.29. The highest BCUT2D eigenvalue weighted by Crippen LogP contribution is 2.37. The molecule has 0 unspecified atom stereocenters. The lowest BCUT2D eigenvalue weighted by Gasteiger charge is -2.25. The van der Waals surface area contributed by atoms with Gasteiger partial charge in [0.2, 0.25) is 0 Å². The summed E-state index contributed by atoms with van der Waals surface area (Å²) in [7, 11) is 2.82. The topological polar surface area (TPSA) is 88.4 Å². The van der Waals surface area contributed by atoms with Crippen molar-refractivity contribution in [3.63, 3.8) is 0 Å². The number of methoxy groups -OCH3 is 2. The Bertz CT molecular complexity index is 1590. The molecular weight excluding hydrogens is 528 g/mol. The Kier molecular flexibility index (Phi) is 8.28. The summed E-state index contributed by atoms with van der Waals surface area (Å²) in [5.74, 6) is 1.11. The maximum Gasteiger partial charge on any atom is 0.338 e. The molecule has 4 rings (SSSR count). The van der Waals surface area contributed by atoms with Crippen LogP contribution in [0.15, 0.2) is 57.5 Å². The van der Waals surface area contributed by atoms with E-state index in [0.717, 1.165) is 5.56 Å². The van der Waals surface area contributed by atoms with Gasteiger partial charge in [-0.1, -0.05) is 29.0 Å². The number of aromatic nitrogens is 1. The average Bonchev–Trinajstić information content (AvgIpc) is 3.18. The van der Waals surface area contributed by atoms with Gasteiger partial charge < -0.3 is 18.9 Å². The van der Waals surface area contributed by atoms with E-state index in [2.05, 4.69) is 4.99 Å². The normalized spacial score (nSPS) is 15.3. The fraction of sp³-hybridized carbons (Fsp3) is 0.321. The quantitative estimate of drug-likeness (QED) is 0.385. The number of ether oxygens (including phenoxy) is 4. The molecule has 10 heteroatoms. The highest BCUT2D eigenvalue weighted by molar-refractivity contribution is 7.07. The molecule has 1 atom stereocenters. The van der Waals surface area contributed by atoms with Gasteiger partial charge >= 0.3 is 5.97 Å². The molecule has 1 aliphatic heterocycles. The van der Waals surface area contributed by atoms with Crippen LogP contribution in [0.25, 0.3) is 6.08 Å². The minimum Gasteiger partial charge on any atom is -0.496 e. The molecule has 8 nitrogen and oxygen atoms in total. The monoisotopic (exact) mass is 556 g/mol. The van der Waals surface area contributed by atoms with Crippen molar-refractivity contribution in [1.29, 1.82) is 0 Å². The molecule has 0 N–H and O–H groups in total. The standard InChI is InChI=1S/C28H29ClN2O6S/c1-7-36-22-12-17(8-10-21(22)37-15(2)3)13-23-26(32)31-25(19-14-18(29)9-11-20(19)34-5)24(27(33)35-6)16(4)30-28(31)38-23/h8-15,25H,7H2,1-6H3/b23-13-/t25-/m1/s1. The first-order valence-electron chi connectivity index (χ1n) is 12.1. The van der Waals surface area contributed by atoms with Crippen LogP contribution in [-0.2, 0) is 9.53 Å². The maximum absolute atomic E-state index is 13.9. The summed E-state index contributed by atoms with van der Waals surface area (Å²) in [5.41, 5.74) is 1.69. The van der Waals surface area contributed by atoms with Crippen LogP contribution < -0.4 is 29.1 Å². The first-order valence-corrected chi connectivity index (χ1v) is 13.3. The number of hydrogen-bond donors (Lipinski definition) is 0.